The molecule has 3 aromatic rings. The maximum Gasteiger partial charge on any atom is 0.285 e. The maximum absolute atomic E-state index is 12.9. The molecule has 1 saturated heterocycles. The van der Waals surface area contributed by atoms with E-state index in [9.17, 15) is 4.79 Å². The van der Waals surface area contributed by atoms with Crippen molar-refractivity contribution in [2.24, 2.45) is 0 Å². The van der Waals surface area contributed by atoms with Crippen LogP contribution in [0.2, 0.25) is 15.1 Å². The minimum atomic E-state index is -0.240. The number of halogens is 3. The van der Waals surface area contributed by atoms with Gasteiger partial charge in [-0.1, -0.05) is 47.6 Å². The van der Waals surface area contributed by atoms with Gasteiger partial charge in [0.15, 0.2) is 0 Å². The lowest BCUT2D eigenvalue weighted by molar-refractivity contribution is 0.0789. The van der Waals surface area contributed by atoms with Gasteiger partial charge in [0.1, 0.15) is 11.5 Å². The third-order valence-electron chi connectivity index (χ3n) is 5.08. The van der Waals surface area contributed by atoms with Gasteiger partial charge in [0.25, 0.3) is 5.91 Å². The van der Waals surface area contributed by atoms with Crippen molar-refractivity contribution < 1.29 is 4.79 Å². The third kappa shape index (κ3) is 4.81. The van der Waals surface area contributed by atoms with Gasteiger partial charge in [-0.2, -0.15) is 0 Å². The van der Waals surface area contributed by atoms with E-state index < -0.39 is 0 Å². The van der Waals surface area contributed by atoms with E-state index in [1.54, 1.807) is 36.5 Å². The smallest absolute Gasteiger partial charge is 0.285 e. The summed E-state index contributed by atoms with van der Waals surface area (Å²) in [4.78, 5) is 17.6. The van der Waals surface area contributed by atoms with Crippen molar-refractivity contribution in [2.75, 3.05) is 13.1 Å². The highest BCUT2D eigenvalue weighted by atomic mass is 35.5. The Hall–Kier alpha value is -2.05. The van der Waals surface area contributed by atoms with Crippen molar-refractivity contribution >= 4 is 40.7 Å². The van der Waals surface area contributed by atoms with E-state index in [4.69, 9.17) is 34.8 Å². The summed E-state index contributed by atoms with van der Waals surface area (Å²) in [5.74, 6) is 0.316. The maximum atomic E-state index is 12.9. The molecule has 1 aliphatic rings. The van der Waals surface area contributed by atoms with E-state index in [-0.39, 0.29) is 5.91 Å². The highest BCUT2D eigenvalue weighted by Crippen LogP contribution is 2.32. The lowest BCUT2D eigenvalue weighted by Crippen LogP contribution is -2.42. The second kappa shape index (κ2) is 9.40. The second-order valence-electron chi connectivity index (χ2n) is 7.26. The summed E-state index contributed by atoms with van der Waals surface area (Å²) in [5.41, 5.74) is 4.82. The number of benzene rings is 2. The van der Waals surface area contributed by atoms with Crippen molar-refractivity contribution in [3.05, 3.63) is 69.4 Å². The van der Waals surface area contributed by atoms with Gasteiger partial charge in [0.2, 0.25) is 0 Å². The molecule has 8 heteroatoms. The first-order valence-electron chi connectivity index (χ1n) is 9.88. The molecular formula is C22H21Cl3N4O. The van der Waals surface area contributed by atoms with Crippen LogP contribution in [0, 0.1) is 0 Å². The SMILES string of the molecule is O=C(NN1CCCCCC1)c1cn(-c2ccc(Cl)cc2)c(-c2ccc(Cl)cc2Cl)n1. The van der Waals surface area contributed by atoms with Crippen LogP contribution in [0.4, 0.5) is 0 Å². The Balaban J connectivity index is 1.71. The predicted molar refractivity (Wildman–Crippen MR) is 122 cm³/mol. The fraction of sp³-hybridized carbons (Fsp3) is 0.273. The molecule has 0 radical (unpaired) electrons. The summed E-state index contributed by atoms with van der Waals surface area (Å²) in [6.45, 7) is 1.69. The lowest BCUT2D eigenvalue weighted by atomic mass is 10.2. The molecule has 30 heavy (non-hydrogen) atoms. The largest absolute Gasteiger partial charge is 0.299 e. The highest BCUT2D eigenvalue weighted by Gasteiger charge is 2.20. The normalized spacial score (nSPS) is 15.0. The number of aromatic nitrogens is 2. The van der Waals surface area contributed by atoms with Crippen molar-refractivity contribution in [1.29, 1.82) is 0 Å². The van der Waals surface area contributed by atoms with Crippen molar-refractivity contribution in [1.82, 2.24) is 20.0 Å². The van der Waals surface area contributed by atoms with Crippen LogP contribution in [0.3, 0.4) is 0 Å². The number of rotatable bonds is 4. The molecule has 5 nitrogen and oxygen atoms in total. The molecule has 0 spiro atoms. The quantitative estimate of drug-likeness (QED) is 0.514. The molecule has 0 bridgehead atoms. The number of hydrogen-bond donors (Lipinski definition) is 1. The number of hydrogen-bond acceptors (Lipinski definition) is 3. The van der Waals surface area contributed by atoms with Crippen LogP contribution < -0.4 is 5.43 Å². The Morgan fingerprint density at radius 3 is 2.23 bits per heavy atom. The Kier molecular flexibility index (Phi) is 6.64. The fourth-order valence-electron chi connectivity index (χ4n) is 3.53. The summed E-state index contributed by atoms with van der Waals surface area (Å²) in [5, 5.41) is 3.60. The number of hydrazine groups is 1. The zero-order valence-electron chi connectivity index (χ0n) is 16.2. The molecular weight excluding hydrogens is 443 g/mol. The average Bonchev–Trinajstić information content (AvgIpc) is 3.00. The lowest BCUT2D eigenvalue weighted by Gasteiger charge is -2.19. The molecule has 4 rings (SSSR count). The number of carbonyl (C=O) groups is 1. The Bertz CT molecular complexity index is 1040. The predicted octanol–water partition coefficient (Wildman–Crippen LogP) is 6.02. The number of nitrogens with one attached hydrogen (secondary N) is 1. The van der Waals surface area contributed by atoms with E-state index >= 15 is 0 Å². The van der Waals surface area contributed by atoms with Crippen LogP contribution in [-0.2, 0) is 0 Å². The number of imidazole rings is 1. The first-order valence-corrected chi connectivity index (χ1v) is 11.0. The van der Waals surface area contributed by atoms with E-state index in [1.807, 2.05) is 21.7 Å². The Labute approximate surface area is 190 Å². The Morgan fingerprint density at radius 1 is 0.900 bits per heavy atom. The average molecular weight is 464 g/mol. The van der Waals surface area contributed by atoms with Gasteiger partial charge >= 0.3 is 0 Å². The zero-order valence-corrected chi connectivity index (χ0v) is 18.5. The topological polar surface area (TPSA) is 50.2 Å². The van der Waals surface area contributed by atoms with Crippen LogP contribution in [0.25, 0.3) is 17.1 Å². The van der Waals surface area contributed by atoms with Gasteiger partial charge in [-0.05, 0) is 55.3 Å². The third-order valence-corrected chi connectivity index (χ3v) is 5.88. The van der Waals surface area contributed by atoms with Gasteiger partial charge in [-0.25, -0.2) is 9.99 Å². The van der Waals surface area contributed by atoms with Crippen molar-refractivity contribution in [3.8, 4) is 17.1 Å². The van der Waals surface area contributed by atoms with Gasteiger partial charge < -0.3 is 0 Å². The van der Waals surface area contributed by atoms with Crippen LogP contribution in [0.5, 0.6) is 0 Å². The van der Waals surface area contributed by atoms with E-state index in [1.165, 1.54) is 12.8 Å². The van der Waals surface area contributed by atoms with Crippen molar-refractivity contribution in [2.45, 2.75) is 25.7 Å². The van der Waals surface area contributed by atoms with Gasteiger partial charge in [-0.15, -0.1) is 0 Å². The van der Waals surface area contributed by atoms with E-state index in [0.29, 0.717) is 32.1 Å². The molecule has 1 N–H and O–H groups in total. The molecule has 1 fully saturated rings. The molecule has 0 aliphatic carbocycles. The molecule has 0 atom stereocenters. The number of amides is 1. The molecule has 1 amide bonds. The minimum Gasteiger partial charge on any atom is -0.299 e. The van der Waals surface area contributed by atoms with Gasteiger partial charge in [-0.3, -0.25) is 14.8 Å². The summed E-state index contributed by atoms with van der Waals surface area (Å²) in [6.07, 6.45) is 6.25. The highest BCUT2D eigenvalue weighted by molar-refractivity contribution is 6.36. The second-order valence-corrected chi connectivity index (χ2v) is 8.54. The molecule has 156 valence electrons. The first kappa shape index (κ1) is 21.2. The first-order chi connectivity index (χ1) is 14.5. The summed E-state index contributed by atoms with van der Waals surface area (Å²) in [6, 6.07) is 12.5. The summed E-state index contributed by atoms with van der Waals surface area (Å²) < 4.78 is 1.84. The van der Waals surface area contributed by atoms with Gasteiger partial charge in [0, 0.05) is 40.6 Å². The molecule has 2 aromatic carbocycles. The van der Waals surface area contributed by atoms with Crippen LogP contribution in [0.1, 0.15) is 36.2 Å². The molecule has 0 unspecified atom stereocenters. The summed E-state index contributed by atoms with van der Waals surface area (Å²) in [7, 11) is 0. The number of nitrogens with zero attached hydrogens (tertiary/aromatic N) is 3. The van der Waals surface area contributed by atoms with Crippen LogP contribution in [-0.4, -0.2) is 33.6 Å². The van der Waals surface area contributed by atoms with Crippen molar-refractivity contribution in [3.63, 3.8) is 0 Å². The van der Waals surface area contributed by atoms with Crippen LogP contribution in [0.15, 0.2) is 48.7 Å². The van der Waals surface area contributed by atoms with E-state index in [2.05, 4.69) is 10.4 Å². The Morgan fingerprint density at radius 2 is 1.57 bits per heavy atom. The standard InChI is InChI=1S/C22H21Cl3N4O/c23-15-5-8-17(9-6-15)29-14-20(22(30)27-28-11-3-1-2-4-12-28)26-21(29)18-10-7-16(24)13-19(18)25/h5-10,13-14H,1-4,11-12H2,(H,27,30). The number of carbonyl (C=O) groups excluding carboxylic acids is 1. The zero-order chi connectivity index (χ0) is 21.1. The monoisotopic (exact) mass is 462 g/mol. The van der Waals surface area contributed by atoms with Gasteiger partial charge in [0.05, 0.1) is 5.02 Å². The molecule has 1 aromatic heterocycles. The molecule has 1 aliphatic heterocycles. The van der Waals surface area contributed by atoms with E-state index in [0.717, 1.165) is 31.6 Å². The molecule has 2 heterocycles. The summed E-state index contributed by atoms with van der Waals surface area (Å²) >= 11 is 18.5. The van der Waals surface area contributed by atoms with Crippen LogP contribution >= 0.6 is 34.8 Å². The fourth-order valence-corrected chi connectivity index (χ4v) is 4.15. The molecule has 0 saturated carbocycles. The minimum absolute atomic E-state index is 0.240.